The summed E-state index contributed by atoms with van der Waals surface area (Å²) < 4.78 is 43.3. The molecule has 140 valence electrons. The molecular weight excluding hydrogens is 357 g/mol. The highest BCUT2D eigenvalue weighted by Gasteiger charge is 2.32. The molecule has 1 aromatic rings. The van der Waals surface area contributed by atoms with Crippen LogP contribution in [0.5, 0.6) is 0 Å². The molecule has 1 unspecified atom stereocenters. The number of rotatable bonds is 9. The number of esters is 1. The lowest BCUT2D eigenvalue weighted by molar-refractivity contribution is -0.145. The molecule has 0 aliphatic heterocycles. The third kappa shape index (κ3) is 7.35. The van der Waals surface area contributed by atoms with Gasteiger partial charge in [-0.3, -0.25) is 4.79 Å². The standard InChI is InChI=1S/C16H21F3N2O3S/c1-24-15(23)13(7-8-25-2)21-14(22)10-20-9-11-5-3-4-6-12(11)16(17,18)19/h3-6,13,20H,7-10H2,1-2H3,(H,21,22). The molecule has 1 rings (SSSR count). The van der Waals surface area contributed by atoms with Crippen LogP contribution in [0.25, 0.3) is 0 Å². The van der Waals surface area contributed by atoms with Crippen molar-refractivity contribution in [3.63, 3.8) is 0 Å². The summed E-state index contributed by atoms with van der Waals surface area (Å²) in [5.74, 6) is -0.377. The van der Waals surface area contributed by atoms with Crippen LogP contribution in [0.4, 0.5) is 13.2 Å². The summed E-state index contributed by atoms with van der Waals surface area (Å²) in [7, 11) is 1.23. The molecule has 9 heteroatoms. The molecule has 0 aliphatic carbocycles. The van der Waals surface area contributed by atoms with Gasteiger partial charge in [-0.15, -0.1) is 0 Å². The van der Waals surface area contributed by atoms with Crippen LogP contribution >= 0.6 is 11.8 Å². The van der Waals surface area contributed by atoms with Crippen molar-refractivity contribution in [3.05, 3.63) is 35.4 Å². The smallest absolute Gasteiger partial charge is 0.416 e. The van der Waals surface area contributed by atoms with Gasteiger partial charge in [-0.1, -0.05) is 18.2 Å². The molecule has 1 aromatic carbocycles. The van der Waals surface area contributed by atoms with E-state index in [-0.39, 0.29) is 18.7 Å². The third-order valence-corrected chi connectivity index (χ3v) is 4.00. The van der Waals surface area contributed by atoms with Crippen LogP contribution in [-0.2, 0) is 27.0 Å². The SMILES string of the molecule is COC(=O)C(CCSC)NC(=O)CNCc1ccccc1C(F)(F)F. The van der Waals surface area contributed by atoms with Crippen LogP contribution in [0.1, 0.15) is 17.5 Å². The van der Waals surface area contributed by atoms with Gasteiger partial charge in [0.05, 0.1) is 19.2 Å². The van der Waals surface area contributed by atoms with Crippen LogP contribution in [-0.4, -0.2) is 43.6 Å². The van der Waals surface area contributed by atoms with Gasteiger partial charge in [0.25, 0.3) is 0 Å². The predicted molar refractivity (Wildman–Crippen MR) is 90.1 cm³/mol. The van der Waals surface area contributed by atoms with Gasteiger partial charge in [-0.25, -0.2) is 4.79 Å². The normalized spacial score (nSPS) is 12.5. The Morgan fingerprint density at radius 2 is 1.96 bits per heavy atom. The molecule has 2 N–H and O–H groups in total. The first-order valence-electron chi connectivity index (χ1n) is 7.51. The van der Waals surface area contributed by atoms with Crippen molar-refractivity contribution in [2.24, 2.45) is 0 Å². The molecule has 0 spiro atoms. The van der Waals surface area contributed by atoms with Crippen molar-refractivity contribution in [1.29, 1.82) is 0 Å². The average Bonchev–Trinajstić information content (AvgIpc) is 2.57. The molecule has 1 amide bonds. The lowest BCUT2D eigenvalue weighted by atomic mass is 10.1. The molecule has 0 aromatic heterocycles. The number of amides is 1. The lowest BCUT2D eigenvalue weighted by Gasteiger charge is -2.17. The molecule has 0 bridgehead atoms. The number of hydrogen-bond donors (Lipinski definition) is 2. The zero-order valence-corrected chi connectivity index (χ0v) is 14.8. The van der Waals surface area contributed by atoms with E-state index in [4.69, 9.17) is 0 Å². The maximum Gasteiger partial charge on any atom is 0.416 e. The number of halogens is 3. The minimum atomic E-state index is -4.45. The van der Waals surface area contributed by atoms with Crippen LogP contribution in [0, 0.1) is 0 Å². The van der Waals surface area contributed by atoms with E-state index >= 15 is 0 Å². The fourth-order valence-corrected chi connectivity index (χ4v) is 2.61. The summed E-state index contributed by atoms with van der Waals surface area (Å²) in [6.45, 7) is -0.324. The highest BCUT2D eigenvalue weighted by molar-refractivity contribution is 7.98. The monoisotopic (exact) mass is 378 g/mol. The number of hydrogen-bond acceptors (Lipinski definition) is 5. The van der Waals surface area contributed by atoms with Crippen LogP contribution < -0.4 is 10.6 Å². The third-order valence-electron chi connectivity index (χ3n) is 3.36. The number of carbonyl (C=O) groups is 2. The molecule has 0 saturated carbocycles. The van der Waals surface area contributed by atoms with Gasteiger partial charge in [-0.2, -0.15) is 24.9 Å². The second-order valence-corrected chi connectivity index (χ2v) is 6.17. The molecular formula is C16H21F3N2O3S. The Kier molecular flexibility index (Phi) is 8.77. The Morgan fingerprint density at radius 3 is 2.56 bits per heavy atom. The minimum absolute atomic E-state index is 0.0506. The molecule has 0 fully saturated rings. The average molecular weight is 378 g/mol. The number of thioether (sulfide) groups is 1. The van der Waals surface area contributed by atoms with Crippen LogP contribution in [0.15, 0.2) is 24.3 Å². The largest absolute Gasteiger partial charge is 0.467 e. The molecule has 25 heavy (non-hydrogen) atoms. The summed E-state index contributed by atoms with van der Waals surface area (Å²) in [6.07, 6.45) is -2.17. The second kappa shape index (κ2) is 10.3. The summed E-state index contributed by atoms with van der Waals surface area (Å²) in [5.41, 5.74) is -0.690. The van der Waals surface area contributed by atoms with E-state index in [2.05, 4.69) is 15.4 Å². The van der Waals surface area contributed by atoms with Gasteiger partial charge in [0, 0.05) is 6.54 Å². The zero-order chi connectivity index (χ0) is 18.9. The molecule has 1 atom stereocenters. The van der Waals surface area contributed by atoms with E-state index in [0.717, 1.165) is 6.07 Å². The van der Waals surface area contributed by atoms with Gasteiger partial charge >= 0.3 is 12.1 Å². The fourth-order valence-electron chi connectivity index (χ4n) is 2.13. The van der Waals surface area contributed by atoms with Crippen molar-refractivity contribution in [2.75, 3.05) is 25.7 Å². The van der Waals surface area contributed by atoms with Crippen molar-refractivity contribution >= 4 is 23.6 Å². The molecule has 0 saturated heterocycles. The Bertz CT molecular complexity index is 582. The summed E-state index contributed by atoms with van der Waals surface area (Å²) in [6, 6.07) is 4.39. The highest BCUT2D eigenvalue weighted by atomic mass is 32.2. The first-order chi connectivity index (χ1) is 11.8. The van der Waals surface area contributed by atoms with E-state index < -0.39 is 29.7 Å². The number of alkyl halides is 3. The van der Waals surface area contributed by atoms with Gasteiger partial charge in [-0.05, 0) is 30.1 Å². The van der Waals surface area contributed by atoms with Gasteiger partial charge < -0.3 is 15.4 Å². The van der Waals surface area contributed by atoms with E-state index in [1.54, 1.807) is 0 Å². The van der Waals surface area contributed by atoms with Crippen molar-refractivity contribution in [2.45, 2.75) is 25.2 Å². The maximum absolute atomic E-state index is 12.9. The Balaban J connectivity index is 2.55. The number of methoxy groups -OCH3 is 1. The molecule has 5 nitrogen and oxygen atoms in total. The number of ether oxygens (including phenoxy) is 1. The van der Waals surface area contributed by atoms with Crippen LogP contribution in [0.2, 0.25) is 0 Å². The summed E-state index contributed by atoms with van der Waals surface area (Å²) in [4.78, 5) is 23.5. The molecule has 0 heterocycles. The molecule has 0 radical (unpaired) electrons. The zero-order valence-electron chi connectivity index (χ0n) is 14.0. The number of benzene rings is 1. The molecule has 0 aliphatic rings. The van der Waals surface area contributed by atoms with Crippen molar-refractivity contribution in [3.8, 4) is 0 Å². The Morgan fingerprint density at radius 1 is 1.28 bits per heavy atom. The predicted octanol–water partition coefficient (Wildman–Crippen LogP) is 2.21. The van der Waals surface area contributed by atoms with E-state index in [9.17, 15) is 22.8 Å². The summed E-state index contributed by atoms with van der Waals surface area (Å²) >= 11 is 1.52. The number of nitrogens with one attached hydrogen (secondary N) is 2. The van der Waals surface area contributed by atoms with Crippen molar-refractivity contribution < 1.29 is 27.5 Å². The van der Waals surface area contributed by atoms with E-state index in [1.807, 2.05) is 6.26 Å². The van der Waals surface area contributed by atoms with Gasteiger partial charge in [0.1, 0.15) is 6.04 Å². The van der Waals surface area contributed by atoms with Gasteiger partial charge in [0.15, 0.2) is 0 Å². The van der Waals surface area contributed by atoms with Crippen LogP contribution in [0.3, 0.4) is 0 Å². The first kappa shape index (κ1) is 21.3. The van der Waals surface area contributed by atoms with E-state index in [0.29, 0.717) is 12.2 Å². The second-order valence-electron chi connectivity index (χ2n) is 5.18. The number of carbonyl (C=O) groups excluding carboxylic acids is 2. The fraction of sp³-hybridized carbons (Fsp3) is 0.500. The quantitative estimate of drug-likeness (QED) is 0.645. The first-order valence-corrected chi connectivity index (χ1v) is 8.91. The highest BCUT2D eigenvalue weighted by Crippen LogP contribution is 2.31. The summed E-state index contributed by atoms with van der Waals surface area (Å²) in [5, 5.41) is 5.19. The van der Waals surface area contributed by atoms with E-state index in [1.165, 1.54) is 37.1 Å². The van der Waals surface area contributed by atoms with Crippen molar-refractivity contribution in [1.82, 2.24) is 10.6 Å². The Labute approximate surface area is 148 Å². The maximum atomic E-state index is 12.9. The minimum Gasteiger partial charge on any atom is -0.467 e. The van der Waals surface area contributed by atoms with Gasteiger partial charge in [0.2, 0.25) is 5.91 Å². The Hall–Kier alpha value is -1.74. The lowest BCUT2D eigenvalue weighted by Crippen LogP contribution is -2.45. The topological polar surface area (TPSA) is 67.4 Å².